The normalized spacial score (nSPS) is 13.6. The average Bonchev–Trinajstić information content (AvgIpc) is 3.11. The molecule has 0 atom stereocenters. The van der Waals surface area contributed by atoms with Crippen LogP contribution in [0.15, 0.2) is 33.5 Å². The molecule has 2 aromatic rings. The molecule has 0 saturated heterocycles. The molecule has 0 radical (unpaired) electrons. The second-order valence-corrected chi connectivity index (χ2v) is 5.63. The van der Waals surface area contributed by atoms with E-state index in [2.05, 4.69) is 12.2 Å². The van der Waals surface area contributed by atoms with Crippen molar-refractivity contribution in [3.05, 3.63) is 57.4 Å². The van der Waals surface area contributed by atoms with Crippen molar-refractivity contribution in [2.24, 2.45) is 0 Å². The van der Waals surface area contributed by atoms with Crippen molar-refractivity contribution in [3.8, 4) is 0 Å². The largest absolute Gasteiger partial charge is 0.463 e. The van der Waals surface area contributed by atoms with Crippen LogP contribution in [0.5, 0.6) is 0 Å². The lowest BCUT2D eigenvalue weighted by Gasteiger charge is -2.10. The van der Waals surface area contributed by atoms with Crippen molar-refractivity contribution in [2.75, 3.05) is 6.54 Å². The minimum atomic E-state index is 0.0673. The van der Waals surface area contributed by atoms with E-state index in [4.69, 9.17) is 4.42 Å². The minimum Gasteiger partial charge on any atom is -0.463 e. The molecule has 112 valence electrons. The van der Waals surface area contributed by atoms with Gasteiger partial charge in [-0.15, -0.1) is 0 Å². The zero-order valence-corrected chi connectivity index (χ0v) is 12.5. The molecule has 0 bridgehead atoms. The fourth-order valence-corrected chi connectivity index (χ4v) is 2.95. The van der Waals surface area contributed by atoms with Gasteiger partial charge >= 0.3 is 0 Å². The maximum absolute atomic E-state index is 12.1. The van der Waals surface area contributed by atoms with Gasteiger partial charge in [0.2, 0.25) is 0 Å². The van der Waals surface area contributed by atoms with Gasteiger partial charge < -0.3 is 14.3 Å². The zero-order valence-electron chi connectivity index (χ0n) is 12.5. The quantitative estimate of drug-likeness (QED) is 0.830. The number of aromatic nitrogens is 1. The van der Waals surface area contributed by atoms with E-state index in [0.29, 0.717) is 6.54 Å². The lowest BCUT2D eigenvalue weighted by atomic mass is 10.2. The van der Waals surface area contributed by atoms with E-state index in [0.717, 1.165) is 50.3 Å². The monoisotopic (exact) mass is 286 g/mol. The highest BCUT2D eigenvalue weighted by molar-refractivity contribution is 5.26. The highest BCUT2D eigenvalue weighted by Gasteiger charge is 2.16. The lowest BCUT2D eigenvalue weighted by molar-refractivity contribution is 0.433. The van der Waals surface area contributed by atoms with Crippen molar-refractivity contribution in [2.45, 2.75) is 45.7 Å². The third-order valence-corrected chi connectivity index (χ3v) is 4.01. The Hall–Kier alpha value is -1.81. The van der Waals surface area contributed by atoms with Crippen LogP contribution in [0.2, 0.25) is 0 Å². The van der Waals surface area contributed by atoms with E-state index in [1.54, 1.807) is 6.07 Å². The van der Waals surface area contributed by atoms with Gasteiger partial charge in [0.15, 0.2) is 0 Å². The van der Waals surface area contributed by atoms with E-state index >= 15 is 0 Å². The fraction of sp³-hybridized carbons (Fsp3) is 0.471. The summed E-state index contributed by atoms with van der Waals surface area (Å²) in [5, 5.41) is 3.32. The summed E-state index contributed by atoms with van der Waals surface area (Å²) in [5.41, 5.74) is 2.56. The van der Waals surface area contributed by atoms with Gasteiger partial charge in [0.25, 0.3) is 5.56 Å². The SMILES string of the molecule is CCCNCc1ccc(Cn2c3c(ccc2=O)CCC3)o1. The van der Waals surface area contributed by atoms with Gasteiger partial charge in [-0.2, -0.15) is 0 Å². The van der Waals surface area contributed by atoms with Crippen LogP contribution in [-0.2, 0) is 25.9 Å². The molecule has 21 heavy (non-hydrogen) atoms. The Morgan fingerprint density at radius 3 is 2.90 bits per heavy atom. The Morgan fingerprint density at radius 1 is 1.19 bits per heavy atom. The van der Waals surface area contributed by atoms with Crippen molar-refractivity contribution in [1.82, 2.24) is 9.88 Å². The third-order valence-electron chi connectivity index (χ3n) is 4.01. The predicted octanol–water partition coefficient (Wildman–Crippen LogP) is 2.48. The van der Waals surface area contributed by atoms with Gasteiger partial charge in [0.1, 0.15) is 11.5 Å². The number of nitrogens with one attached hydrogen (secondary N) is 1. The molecule has 0 saturated carbocycles. The third kappa shape index (κ3) is 3.10. The summed E-state index contributed by atoms with van der Waals surface area (Å²) in [6.07, 6.45) is 4.33. The number of fused-ring (bicyclic) bond motifs is 1. The molecule has 4 heteroatoms. The molecule has 1 aliphatic rings. The van der Waals surface area contributed by atoms with Gasteiger partial charge in [0.05, 0.1) is 13.1 Å². The molecule has 3 rings (SSSR count). The fourth-order valence-electron chi connectivity index (χ4n) is 2.95. The molecule has 0 unspecified atom stereocenters. The zero-order chi connectivity index (χ0) is 14.7. The van der Waals surface area contributed by atoms with E-state index in [1.807, 2.05) is 22.8 Å². The highest BCUT2D eigenvalue weighted by Crippen LogP contribution is 2.21. The van der Waals surface area contributed by atoms with E-state index < -0.39 is 0 Å². The molecule has 0 aliphatic heterocycles. The average molecular weight is 286 g/mol. The molecule has 0 aromatic carbocycles. The topological polar surface area (TPSA) is 47.2 Å². The van der Waals surface area contributed by atoms with Gasteiger partial charge in [-0.3, -0.25) is 4.79 Å². The standard InChI is InChI=1S/C17H22N2O2/c1-2-10-18-11-14-7-8-15(21-14)12-19-16-5-3-4-13(16)6-9-17(19)20/h6-9,18H,2-5,10-12H2,1H3. The first-order valence-electron chi connectivity index (χ1n) is 7.78. The number of hydrogen-bond donors (Lipinski definition) is 1. The van der Waals surface area contributed by atoms with Crippen LogP contribution in [-0.4, -0.2) is 11.1 Å². The Kier molecular flexibility index (Phi) is 4.25. The van der Waals surface area contributed by atoms with E-state index in [-0.39, 0.29) is 5.56 Å². The number of rotatable bonds is 6. The first kappa shape index (κ1) is 14.1. The Balaban J connectivity index is 1.75. The summed E-state index contributed by atoms with van der Waals surface area (Å²) in [7, 11) is 0. The van der Waals surface area contributed by atoms with Crippen LogP contribution in [0.25, 0.3) is 0 Å². The maximum atomic E-state index is 12.1. The van der Waals surface area contributed by atoms with Crippen LogP contribution >= 0.6 is 0 Å². The second kappa shape index (κ2) is 6.31. The van der Waals surface area contributed by atoms with Crippen molar-refractivity contribution in [1.29, 1.82) is 0 Å². The molecule has 0 fully saturated rings. The second-order valence-electron chi connectivity index (χ2n) is 5.63. The lowest BCUT2D eigenvalue weighted by Crippen LogP contribution is -2.23. The molecule has 2 heterocycles. The van der Waals surface area contributed by atoms with Crippen molar-refractivity contribution < 1.29 is 4.42 Å². The smallest absolute Gasteiger partial charge is 0.251 e. The number of aryl methyl sites for hydroxylation is 1. The van der Waals surface area contributed by atoms with E-state index in [1.165, 1.54) is 11.3 Å². The molecule has 1 aliphatic carbocycles. The summed E-state index contributed by atoms with van der Waals surface area (Å²) in [6.45, 7) is 4.41. The van der Waals surface area contributed by atoms with Crippen molar-refractivity contribution in [3.63, 3.8) is 0 Å². The summed E-state index contributed by atoms with van der Waals surface area (Å²) in [5.74, 6) is 1.78. The Bertz CT molecular complexity index is 670. The number of pyridine rings is 1. The van der Waals surface area contributed by atoms with Crippen LogP contribution < -0.4 is 10.9 Å². The number of furan rings is 1. The van der Waals surface area contributed by atoms with Crippen LogP contribution in [0.4, 0.5) is 0 Å². The first-order valence-corrected chi connectivity index (χ1v) is 7.78. The first-order chi connectivity index (χ1) is 10.3. The van der Waals surface area contributed by atoms with E-state index in [9.17, 15) is 4.79 Å². The van der Waals surface area contributed by atoms with Crippen molar-refractivity contribution >= 4 is 0 Å². The van der Waals surface area contributed by atoms with Gasteiger partial charge in [0, 0.05) is 11.8 Å². The number of hydrogen-bond acceptors (Lipinski definition) is 3. The molecular formula is C17H22N2O2. The Morgan fingerprint density at radius 2 is 2.05 bits per heavy atom. The minimum absolute atomic E-state index is 0.0673. The molecular weight excluding hydrogens is 264 g/mol. The molecule has 4 nitrogen and oxygen atoms in total. The number of nitrogens with zero attached hydrogens (tertiary/aromatic N) is 1. The summed E-state index contributed by atoms with van der Waals surface area (Å²) in [4.78, 5) is 12.1. The molecule has 1 N–H and O–H groups in total. The summed E-state index contributed by atoms with van der Waals surface area (Å²) < 4.78 is 7.69. The van der Waals surface area contributed by atoms with Crippen LogP contribution in [0.1, 0.15) is 42.5 Å². The molecule has 0 amide bonds. The summed E-state index contributed by atoms with van der Waals surface area (Å²) >= 11 is 0. The highest BCUT2D eigenvalue weighted by atomic mass is 16.3. The van der Waals surface area contributed by atoms with Gasteiger partial charge in [-0.25, -0.2) is 0 Å². The van der Waals surface area contributed by atoms with Gasteiger partial charge in [-0.1, -0.05) is 13.0 Å². The maximum Gasteiger partial charge on any atom is 0.251 e. The predicted molar refractivity (Wildman–Crippen MR) is 82.5 cm³/mol. The molecule has 0 spiro atoms. The summed E-state index contributed by atoms with van der Waals surface area (Å²) in [6, 6.07) is 7.62. The molecule has 2 aromatic heterocycles. The van der Waals surface area contributed by atoms with Crippen LogP contribution in [0, 0.1) is 0 Å². The van der Waals surface area contributed by atoms with Gasteiger partial charge in [-0.05, 0) is 49.9 Å². The van der Waals surface area contributed by atoms with Crippen LogP contribution in [0.3, 0.4) is 0 Å². The Labute approximate surface area is 124 Å².